The summed E-state index contributed by atoms with van der Waals surface area (Å²) in [5.41, 5.74) is 5.26. The number of nitrogens with one attached hydrogen (secondary N) is 2. The van der Waals surface area contributed by atoms with Gasteiger partial charge >= 0.3 is 0 Å². The van der Waals surface area contributed by atoms with Gasteiger partial charge in [0.25, 0.3) is 5.56 Å². The van der Waals surface area contributed by atoms with Crippen molar-refractivity contribution in [3.63, 3.8) is 0 Å². The number of hydrogen-bond donors (Lipinski definition) is 2. The standard InChI is InChI=1S/C16H19BrN4O/c1-2-3-5-10-13(12-8-6-4-7-9-12)19-20-14-11-18-21-16(22)15(14)17/h4,6-9,11H,2-3,5,10H2,1H3,(H2,20,21,22)/b19-13-. The highest BCUT2D eigenvalue weighted by atomic mass is 79.9. The highest BCUT2D eigenvalue weighted by molar-refractivity contribution is 9.10. The van der Waals surface area contributed by atoms with Gasteiger partial charge in [0.05, 0.1) is 17.6 Å². The molecule has 0 spiro atoms. The number of benzene rings is 1. The third kappa shape index (κ3) is 4.53. The van der Waals surface area contributed by atoms with Gasteiger partial charge in [-0.25, -0.2) is 5.10 Å². The molecule has 1 heterocycles. The van der Waals surface area contributed by atoms with E-state index in [-0.39, 0.29) is 5.56 Å². The molecular weight excluding hydrogens is 344 g/mol. The zero-order valence-electron chi connectivity index (χ0n) is 12.5. The van der Waals surface area contributed by atoms with Crippen molar-refractivity contribution in [3.05, 3.63) is 56.9 Å². The lowest BCUT2D eigenvalue weighted by atomic mass is 10.0. The highest BCUT2D eigenvalue weighted by Crippen LogP contribution is 2.16. The Balaban J connectivity index is 2.20. The molecule has 0 saturated carbocycles. The largest absolute Gasteiger partial charge is 0.280 e. The van der Waals surface area contributed by atoms with E-state index < -0.39 is 0 Å². The number of aromatic amines is 1. The van der Waals surface area contributed by atoms with Gasteiger partial charge in [-0.1, -0.05) is 50.1 Å². The van der Waals surface area contributed by atoms with E-state index in [1.54, 1.807) is 0 Å². The molecule has 5 nitrogen and oxygen atoms in total. The molecule has 1 aromatic heterocycles. The Kier molecular flexibility index (Phi) is 6.33. The van der Waals surface area contributed by atoms with Crippen molar-refractivity contribution < 1.29 is 0 Å². The van der Waals surface area contributed by atoms with Crippen molar-refractivity contribution in [2.45, 2.75) is 32.6 Å². The van der Waals surface area contributed by atoms with Crippen molar-refractivity contribution in [1.29, 1.82) is 0 Å². The number of nitrogens with zero attached hydrogens (tertiary/aromatic N) is 2. The first-order valence-corrected chi connectivity index (χ1v) is 8.13. The van der Waals surface area contributed by atoms with Gasteiger partial charge in [-0.15, -0.1) is 0 Å². The Hall–Kier alpha value is -1.95. The molecule has 116 valence electrons. The third-order valence-corrected chi connectivity index (χ3v) is 4.02. The van der Waals surface area contributed by atoms with Crippen molar-refractivity contribution in [2.24, 2.45) is 5.10 Å². The lowest BCUT2D eigenvalue weighted by molar-refractivity contribution is 0.741. The second-order valence-electron chi connectivity index (χ2n) is 4.92. The maximum Gasteiger partial charge on any atom is 0.280 e. The number of unbranched alkanes of at least 4 members (excludes halogenated alkanes) is 2. The predicted octanol–water partition coefficient (Wildman–Crippen LogP) is 3.93. The van der Waals surface area contributed by atoms with Gasteiger partial charge in [0.15, 0.2) is 0 Å². The average molecular weight is 363 g/mol. The molecule has 0 aliphatic rings. The fourth-order valence-corrected chi connectivity index (χ4v) is 2.31. The van der Waals surface area contributed by atoms with Gasteiger partial charge in [-0.05, 0) is 34.3 Å². The molecule has 2 aromatic rings. The first-order chi connectivity index (χ1) is 10.7. The highest BCUT2D eigenvalue weighted by Gasteiger charge is 2.06. The van der Waals surface area contributed by atoms with E-state index in [0.717, 1.165) is 24.1 Å². The number of hydrazone groups is 1. The fraction of sp³-hybridized carbons (Fsp3) is 0.312. The van der Waals surface area contributed by atoms with Crippen LogP contribution in [0.2, 0.25) is 0 Å². The summed E-state index contributed by atoms with van der Waals surface area (Å²) in [6, 6.07) is 10.1. The third-order valence-electron chi connectivity index (χ3n) is 3.23. The fourth-order valence-electron chi connectivity index (χ4n) is 2.03. The summed E-state index contributed by atoms with van der Waals surface area (Å²) in [7, 11) is 0. The van der Waals surface area contributed by atoms with E-state index in [4.69, 9.17) is 0 Å². The van der Waals surface area contributed by atoms with Crippen molar-refractivity contribution in [3.8, 4) is 0 Å². The van der Waals surface area contributed by atoms with E-state index in [0.29, 0.717) is 10.2 Å². The zero-order valence-corrected chi connectivity index (χ0v) is 14.1. The van der Waals surface area contributed by atoms with Crippen LogP contribution in [-0.4, -0.2) is 15.9 Å². The predicted molar refractivity (Wildman–Crippen MR) is 93.3 cm³/mol. The van der Waals surface area contributed by atoms with Gasteiger partial charge in [0, 0.05) is 0 Å². The second-order valence-corrected chi connectivity index (χ2v) is 5.71. The first-order valence-electron chi connectivity index (χ1n) is 7.33. The van der Waals surface area contributed by atoms with Gasteiger partial charge in [0.2, 0.25) is 0 Å². The lowest BCUT2D eigenvalue weighted by Crippen LogP contribution is -2.11. The summed E-state index contributed by atoms with van der Waals surface area (Å²) < 4.78 is 0.396. The molecule has 0 bridgehead atoms. The average Bonchev–Trinajstić information content (AvgIpc) is 2.55. The van der Waals surface area contributed by atoms with E-state index in [2.05, 4.69) is 43.6 Å². The molecule has 2 N–H and O–H groups in total. The van der Waals surface area contributed by atoms with E-state index >= 15 is 0 Å². The van der Waals surface area contributed by atoms with Crippen LogP contribution in [0.4, 0.5) is 5.69 Å². The molecule has 6 heteroatoms. The normalized spacial score (nSPS) is 11.5. The summed E-state index contributed by atoms with van der Waals surface area (Å²) in [6.07, 6.45) is 5.84. The maximum absolute atomic E-state index is 11.5. The Morgan fingerprint density at radius 3 is 2.82 bits per heavy atom. The smallest absolute Gasteiger partial charge is 0.275 e. The number of rotatable bonds is 7. The number of hydrogen-bond acceptors (Lipinski definition) is 4. The minimum atomic E-state index is -0.285. The molecule has 0 saturated heterocycles. The Morgan fingerprint density at radius 1 is 1.32 bits per heavy atom. The molecule has 0 aliphatic heterocycles. The van der Waals surface area contributed by atoms with Gasteiger partial charge < -0.3 is 0 Å². The minimum absolute atomic E-state index is 0.285. The van der Waals surface area contributed by atoms with Crippen LogP contribution in [0.1, 0.15) is 38.2 Å². The molecule has 0 fully saturated rings. The van der Waals surface area contributed by atoms with E-state index in [1.807, 2.05) is 30.3 Å². The Labute approximate surface area is 138 Å². The van der Waals surface area contributed by atoms with Crippen LogP contribution in [0.3, 0.4) is 0 Å². The quantitative estimate of drug-likeness (QED) is 0.445. The van der Waals surface area contributed by atoms with Crippen LogP contribution < -0.4 is 11.0 Å². The van der Waals surface area contributed by atoms with Crippen LogP contribution >= 0.6 is 15.9 Å². The van der Waals surface area contributed by atoms with Gasteiger partial charge in [0.1, 0.15) is 4.47 Å². The van der Waals surface area contributed by atoms with Crippen molar-refractivity contribution in [2.75, 3.05) is 5.43 Å². The molecule has 0 unspecified atom stereocenters. The molecule has 0 aliphatic carbocycles. The molecular formula is C16H19BrN4O. The van der Waals surface area contributed by atoms with Crippen LogP contribution in [0, 0.1) is 0 Å². The van der Waals surface area contributed by atoms with Crippen LogP contribution in [-0.2, 0) is 0 Å². The Bertz CT molecular complexity index is 682. The number of aromatic nitrogens is 2. The summed E-state index contributed by atoms with van der Waals surface area (Å²) in [5, 5.41) is 10.6. The maximum atomic E-state index is 11.5. The number of halogens is 1. The monoisotopic (exact) mass is 362 g/mol. The summed E-state index contributed by atoms with van der Waals surface area (Å²) in [6.45, 7) is 2.18. The SMILES string of the molecule is CCCCC/C(=N/Nc1cn[nH]c(=O)c1Br)c1ccccc1. The molecule has 1 aromatic carbocycles. The van der Waals surface area contributed by atoms with Crippen LogP contribution in [0.5, 0.6) is 0 Å². The molecule has 0 atom stereocenters. The summed E-state index contributed by atoms with van der Waals surface area (Å²) in [5.74, 6) is 0. The van der Waals surface area contributed by atoms with Crippen LogP contribution in [0.25, 0.3) is 0 Å². The molecule has 0 radical (unpaired) electrons. The van der Waals surface area contributed by atoms with Gasteiger partial charge in [-0.2, -0.15) is 10.2 Å². The Morgan fingerprint density at radius 2 is 2.09 bits per heavy atom. The number of H-pyrrole nitrogens is 1. The summed E-state index contributed by atoms with van der Waals surface area (Å²) >= 11 is 3.23. The first kappa shape index (κ1) is 16.4. The molecule has 22 heavy (non-hydrogen) atoms. The van der Waals surface area contributed by atoms with Crippen molar-refractivity contribution >= 4 is 27.3 Å². The molecule has 2 rings (SSSR count). The van der Waals surface area contributed by atoms with E-state index in [9.17, 15) is 4.79 Å². The van der Waals surface area contributed by atoms with E-state index in [1.165, 1.54) is 19.0 Å². The topological polar surface area (TPSA) is 70.1 Å². The van der Waals surface area contributed by atoms with Crippen LogP contribution in [0.15, 0.2) is 50.9 Å². The molecule has 0 amide bonds. The zero-order chi connectivity index (χ0) is 15.8. The lowest BCUT2D eigenvalue weighted by Gasteiger charge is -2.08. The number of anilines is 1. The van der Waals surface area contributed by atoms with Crippen molar-refractivity contribution in [1.82, 2.24) is 10.2 Å². The van der Waals surface area contributed by atoms with Gasteiger partial charge in [-0.3, -0.25) is 10.2 Å². The minimum Gasteiger partial charge on any atom is -0.275 e. The summed E-state index contributed by atoms with van der Waals surface area (Å²) in [4.78, 5) is 11.5. The second kappa shape index (κ2) is 8.48.